The molecule has 47 heavy (non-hydrogen) atoms. The third kappa shape index (κ3) is 6.50. The SMILES string of the molecule is CC1=NN(c2[c-]c(B(c3[c-]c(N4[CH-]N(c5ccccc5)C(C)=N4)ccc3)c3c(C)cc(C)cc3C)ccc2)[CH-]N1c1ccccc1.[Pt+4]. The van der Waals surface area contributed by atoms with Crippen LogP contribution in [0.3, 0.4) is 0 Å². The molecule has 2 heterocycles. The Morgan fingerprint density at radius 1 is 0.553 bits per heavy atom. The van der Waals surface area contributed by atoms with Crippen molar-refractivity contribution in [3.05, 3.63) is 151 Å². The van der Waals surface area contributed by atoms with Crippen LogP contribution in [0.15, 0.2) is 119 Å². The molecule has 0 N–H and O–H groups in total. The smallest absolute Gasteiger partial charge is 0.460 e. The van der Waals surface area contributed by atoms with Gasteiger partial charge < -0.3 is 19.8 Å². The molecule has 0 aliphatic carbocycles. The van der Waals surface area contributed by atoms with E-state index in [-0.39, 0.29) is 27.8 Å². The van der Waals surface area contributed by atoms with Crippen molar-refractivity contribution in [2.75, 3.05) is 19.8 Å². The minimum absolute atomic E-state index is 0. The maximum atomic E-state index is 4.87. The molecular formula is C39H35BN6Pt. The first-order valence-corrected chi connectivity index (χ1v) is 15.6. The van der Waals surface area contributed by atoms with E-state index >= 15 is 0 Å². The molecule has 7 rings (SSSR count). The Morgan fingerprint density at radius 2 is 0.979 bits per heavy atom. The molecule has 0 fully saturated rings. The third-order valence-electron chi connectivity index (χ3n) is 8.47. The van der Waals surface area contributed by atoms with Gasteiger partial charge in [-0.05, 0) is 58.9 Å². The molecule has 5 aromatic rings. The third-order valence-corrected chi connectivity index (χ3v) is 8.47. The van der Waals surface area contributed by atoms with Gasteiger partial charge in [-0.15, -0.1) is 25.5 Å². The zero-order chi connectivity index (χ0) is 31.8. The van der Waals surface area contributed by atoms with Crippen LogP contribution in [0.5, 0.6) is 0 Å². The van der Waals surface area contributed by atoms with E-state index < -0.39 is 0 Å². The summed E-state index contributed by atoms with van der Waals surface area (Å²) in [4.78, 5) is 4.19. The number of amidine groups is 2. The van der Waals surface area contributed by atoms with E-state index in [1.54, 1.807) is 0 Å². The second kappa shape index (κ2) is 13.6. The molecule has 6 nitrogen and oxygen atoms in total. The van der Waals surface area contributed by atoms with Crippen LogP contribution in [0, 0.1) is 46.2 Å². The van der Waals surface area contributed by atoms with Gasteiger partial charge in [-0.1, -0.05) is 82.1 Å². The number of hydrazone groups is 2. The molecule has 234 valence electrons. The van der Waals surface area contributed by atoms with Crippen LogP contribution >= 0.6 is 0 Å². The average Bonchev–Trinajstić information content (AvgIpc) is 3.66. The Kier molecular flexibility index (Phi) is 9.38. The molecule has 2 aliphatic heterocycles. The first-order chi connectivity index (χ1) is 22.4. The zero-order valence-corrected chi connectivity index (χ0v) is 29.4. The predicted molar refractivity (Wildman–Crippen MR) is 193 cm³/mol. The molecule has 0 atom stereocenters. The number of hydrogen-bond acceptors (Lipinski definition) is 6. The molecule has 0 amide bonds. The largest absolute Gasteiger partial charge is 4.00 e. The molecular weight excluding hydrogens is 758 g/mol. The second-order valence-electron chi connectivity index (χ2n) is 11.9. The van der Waals surface area contributed by atoms with Gasteiger partial charge in [0.25, 0.3) is 0 Å². The monoisotopic (exact) mass is 793 g/mol. The summed E-state index contributed by atoms with van der Waals surface area (Å²) in [6, 6.07) is 45.2. The molecule has 0 saturated carbocycles. The summed E-state index contributed by atoms with van der Waals surface area (Å²) < 4.78 is 0. The fourth-order valence-corrected chi connectivity index (χ4v) is 6.44. The van der Waals surface area contributed by atoms with E-state index in [9.17, 15) is 0 Å². The Bertz CT molecular complexity index is 1810. The number of nitrogens with zero attached hydrogens (tertiary/aromatic N) is 6. The quantitative estimate of drug-likeness (QED) is 0.144. The normalized spacial score (nSPS) is 14.2. The van der Waals surface area contributed by atoms with Crippen LogP contribution in [0.4, 0.5) is 22.7 Å². The number of benzene rings is 5. The maximum Gasteiger partial charge on any atom is 4.00 e. The van der Waals surface area contributed by atoms with Crippen molar-refractivity contribution >= 4 is 57.5 Å². The number of rotatable bonds is 7. The summed E-state index contributed by atoms with van der Waals surface area (Å²) in [5, 5.41) is 13.6. The topological polar surface area (TPSA) is 37.7 Å². The van der Waals surface area contributed by atoms with Gasteiger partial charge in [-0.3, -0.25) is 0 Å². The van der Waals surface area contributed by atoms with Gasteiger partial charge in [0.15, 0.2) is 6.71 Å². The molecule has 5 aromatic carbocycles. The van der Waals surface area contributed by atoms with Crippen LogP contribution < -0.4 is 36.2 Å². The summed E-state index contributed by atoms with van der Waals surface area (Å²) in [7, 11) is 0. The van der Waals surface area contributed by atoms with Gasteiger partial charge in [0.1, 0.15) is 0 Å². The average molecular weight is 794 g/mol. The van der Waals surface area contributed by atoms with E-state index in [4.69, 9.17) is 10.2 Å². The number of hydrogen-bond donors (Lipinski definition) is 0. The van der Waals surface area contributed by atoms with Gasteiger partial charge in [0.05, 0.1) is 11.7 Å². The van der Waals surface area contributed by atoms with Gasteiger partial charge in [-0.25, -0.2) is 0 Å². The molecule has 0 saturated heterocycles. The molecule has 0 unspecified atom stereocenters. The summed E-state index contributed by atoms with van der Waals surface area (Å²) in [6.45, 7) is 14.5. The van der Waals surface area contributed by atoms with Gasteiger partial charge in [-0.2, -0.15) is 57.5 Å². The van der Waals surface area contributed by atoms with Crippen LogP contribution in [0.25, 0.3) is 0 Å². The minimum atomic E-state index is -0.101. The van der Waals surface area contributed by atoms with Crippen molar-refractivity contribution in [3.8, 4) is 0 Å². The molecule has 2 aliphatic rings. The summed E-state index contributed by atoms with van der Waals surface area (Å²) >= 11 is 0. The fraction of sp³-hybridized carbons (Fsp3) is 0.128. The van der Waals surface area contributed by atoms with E-state index in [1.165, 1.54) is 22.2 Å². The number of aryl methyl sites for hydroxylation is 3. The van der Waals surface area contributed by atoms with Gasteiger partial charge in [0.2, 0.25) is 0 Å². The van der Waals surface area contributed by atoms with Crippen LogP contribution in [0.2, 0.25) is 0 Å². The molecule has 0 spiro atoms. The van der Waals surface area contributed by atoms with Crippen LogP contribution in [-0.4, -0.2) is 18.4 Å². The van der Waals surface area contributed by atoms with E-state index in [0.29, 0.717) is 0 Å². The predicted octanol–water partition coefficient (Wildman–Crippen LogP) is 6.28. The van der Waals surface area contributed by atoms with E-state index in [2.05, 4.69) is 116 Å². The van der Waals surface area contributed by atoms with Crippen molar-refractivity contribution in [1.29, 1.82) is 0 Å². The van der Waals surface area contributed by atoms with Gasteiger partial charge in [0, 0.05) is 11.4 Å². The summed E-state index contributed by atoms with van der Waals surface area (Å²) in [5.41, 5.74) is 11.0. The first-order valence-electron chi connectivity index (χ1n) is 15.6. The van der Waals surface area contributed by atoms with Crippen LogP contribution in [-0.2, 0) is 21.1 Å². The van der Waals surface area contributed by atoms with Crippen molar-refractivity contribution in [1.82, 2.24) is 0 Å². The van der Waals surface area contributed by atoms with Crippen molar-refractivity contribution in [3.63, 3.8) is 0 Å². The molecule has 0 bridgehead atoms. The second-order valence-corrected chi connectivity index (χ2v) is 11.9. The fourth-order valence-electron chi connectivity index (χ4n) is 6.44. The van der Waals surface area contributed by atoms with Crippen molar-refractivity contribution < 1.29 is 21.1 Å². The minimum Gasteiger partial charge on any atom is -0.460 e. The Hall–Kier alpha value is -4.61. The van der Waals surface area contributed by atoms with Crippen LogP contribution in [0.1, 0.15) is 30.5 Å². The summed E-state index contributed by atoms with van der Waals surface area (Å²) in [5.74, 6) is 1.80. The molecule has 0 aromatic heterocycles. The Morgan fingerprint density at radius 3 is 1.40 bits per heavy atom. The Labute approximate surface area is 293 Å². The Balaban J connectivity index is 0.00000386. The zero-order valence-electron chi connectivity index (χ0n) is 27.1. The maximum absolute atomic E-state index is 4.87. The van der Waals surface area contributed by atoms with Crippen molar-refractivity contribution in [2.24, 2.45) is 10.2 Å². The number of para-hydroxylation sites is 2. The van der Waals surface area contributed by atoms with E-state index in [0.717, 1.165) is 45.3 Å². The van der Waals surface area contributed by atoms with E-state index in [1.807, 2.05) is 73.6 Å². The number of anilines is 4. The first kappa shape index (κ1) is 32.3. The summed E-state index contributed by atoms with van der Waals surface area (Å²) in [6.07, 6.45) is 0. The van der Waals surface area contributed by atoms with Crippen molar-refractivity contribution in [2.45, 2.75) is 34.6 Å². The standard InChI is InChI=1S/C39H35BN6.Pt/c1-28-22-29(2)39(30(3)23-28)40(33-14-12-20-37(24-33)45-26-43(31(4)41-45)35-16-8-6-9-17-35)34-15-13-21-38(25-34)46-27-44(32(5)42-46)36-18-10-7-11-19-36;/h6-23,26-27H,1-5H3;/q-4;+4. The molecule has 0 radical (unpaired) electrons. The van der Waals surface area contributed by atoms with Gasteiger partial charge >= 0.3 is 21.1 Å². The molecule has 8 heteroatoms.